The van der Waals surface area contributed by atoms with E-state index < -0.39 is 0 Å². The van der Waals surface area contributed by atoms with Crippen LogP contribution >= 0.6 is 0 Å². The zero-order valence-corrected chi connectivity index (χ0v) is 10.6. The number of pyridine rings is 1. The van der Waals surface area contributed by atoms with E-state index in [0.717, 1.165) is 36.8 Å². The van der Waals surface area contributed by atoms with E-state index in [1.807, 2.05) is 12.3 Å². The van der Waals surface area contributed by atoms with Crippen LogP contribution in [0.5, 0.6) is 0 Å². The zero-order valence-electron chi connectivity index (χ0n) is 10.6. The number of Topliss-reactive ketones (excluding diaryl/α,β-unsaturated/α-hetero) is 1. The fourth-order valence-corrected chi connectivity index (χ4v) is 4.12. The highest BCUT2D eigenvalue weighted by Gasteiger charge is 2.49. The van der Waals surface area contributed by atoms with E-state index in [2.05, 4.69) is 11.1 Å². The van der Waals surface area contributed by atoms with Gasteiger partial charge in [-0.1, -0.05) is 6.07 Å². The van der Waals surface area contributed by atoms with E-state index >= 15 is 0 Å². The third-order valence-electron chi connectivity index (χ3n) is 5.18. The lowest BCUT2D eigenvalue weighted by Crippen LogP contribution is -2.25. The van der Waals surface area contributed by atoms with E-state index in [-0.39, 0.29) is 5.92 Å². The highest BCUT2D eigenvalue weighted by Crippen LogP contribution is 2.55. The SMILES string of the molecule is O=C(C1CC2CC2C1)C1CCCc2cccnc21. The van der Waals surface area contributed by atoms with Crippen LogP contribution in [0.3, 0.4) is 0 Å². The summed E-state index contributed by atoms with van der Waals surface area (Å²) >= 11 is 0. The molecule has 0 saturated heterocycles. The van der Waals surface area contributed by atoms with Crippen molar-refractivity contribution in [1.82, 2.24) is 4.98 Å². The first-order valence-corrected chi connectivity index (χ1v) is 7.30. The lowest BCUT2D eigenvalue weighted by atomic mass is 9.79. The number of aromatic nitrogens is 1. The van der Waals surface area contributed by atoms with E-state index in [9.17, 15) is 4.79 Å². The molecule has 0 radical (unpaired) electrons. The maximum Gasteiger partial charge on any atom is 0.145 e. The molecule has 94 valence electrons. The van der Waals surface area contributed by atoms with Crippen LogP contribution in [-0.2, 0) is 11.2 Å². The Balaban J connectivity index is 1.59. The molecule has 0 spiro atoms. The number of nitrogens with zero attached hydrogens (tertiary/aromatic N) is 1. The van der Waals surface area contributed by atoms with Gasteiger partial charge in [0, 0.05) is 12.1 Å². The average Bonchev–Trinajstić information content (AvgIpc) is 3.04. The van der Waals surface area contributed by atoms with E-state index in [0.29, 0.717) is 11.7 Å². The molecule has 1 heterocycles. The number of aryl methyl sites for hydroxylation is 1. The first-order chi connectivity index (χ1) is 8.83. The number of ketones is 1. The van der Waals surface area contributed by atoms with Crippen LogP contribution in [0.1, 0.15) is 49.3 Å². The molecular formula is C16H19NO. The Kier molecular flexibility index (Phi) is 2.33. The monoisotopic (exact) mass is 241 g/mol. The standard InChI is InChI=1S/C16H19NO/c18-16(13-8-11-7-12(11)9-13)14-5-1-3-10-4-2-6-17-15(10)14/h2,4,6,11-14H,1,3,5,7-9H2. The summed E-state index contributed by atoms with van der Waals surface area (Å²) in [7, 11) is 0. The first-order valence-electron chi connectivity index (χ1n) is 7.30. The maximum atomic E-state index is 12.7. The van der Waals surface area contributed by atoms with Crippen LogP contribution in [0.25, 0.3) is 0 Å². The zero-order chi connectivity index (χ0) is 12.1. The van der Waals surface area contributed by atoms with Gasteiger partial charge in [-0.2, -0.15) is 0 Å². The quantitative estimate of drug-likeness (QED) is 0.796. The van der Waals surface area contributed by atoms with Crippen LogP contribution < -0.4 is 0 Å². The molecular weight excluding hydrogens is 222 g/mol. The lowest BCUT2D eigenvalue weighted by Gasteiger charge is -2.25. The molecule has 3 atom stereocenters. The predicted molar refractivity (Wildman–Crippen MR) is 69.2 cm³/mol. The minimum Gasteiger partial charge on any atom is -0.299 e. The second-order valence-electron chi connectivity index (χ2n) is 6.32. The fraction of sp³-hybridized carbons (Fsp3) is 0.625. The van der Waals surface area contributed by atoms with Gasteiger partial charge in [0.25, 0.3) is 0 Å². The van der Waals surface area contributed by atoms with E-state index in [1.54, 1.807) is 0 Å². The molecule has 4 rings (SSSR count). The van der Waals surface area contributed by atoms with Gasteiger partial charge in [-0.3, -0.25) is 9.78 Å². The summed E-state index contributed by atoms with van der Waals surface area (Å²) in [5.74, 6) is 2.75. The Labute approximate surface area is 108 Å². The van der Waals surface area contributed by atoms with Gasteiger partial charge in [0.05, 0.1) is 11.6 Å². The smallest absolute Gasteiger partial charge is 0.145 e. The predicted octanol–water partition coefficient (Wildman–Crippen LogP) is 3.12. The molecule has 0 aliphatic heterocycles. The molecule has 3 aliphatic rings. The molecule has 1 aromatic rings. The Morgan fingerprint density at radius 2 is 2.06 bits per heavy atom. The normalized spacial score (nSPS) is 36.9. The molecule has 1 aromatic heterocycles. The van der Waals surface area contributed by atoms with Gasteiger partial charge >= 0.3 is 0 Å². The summed E-state index contributed by atoms with van der Waals surface area (Å²) < 4.78 is 0. The molecule has 18 heavy (non-hydrogen) atoms. The number of rotatable bonds is 2. The maximum absolute atomic E-state index is 12.7. The van der Waals surface area contributed by atoms with Gasteiger partial charge in [-0.25, -0.2) is 0 Å². The second-order valence-corrected chi connectivity index (χ2v) is 6.32. The Bertz CT molecular complexity index is 486. The summed E-state index contributed by atoms with van der Waals surface area (Å²) in [4.78, 5) is 17.2. The Morgan fingerprint density at radius 1 is 1.22 bits per heavy atom. The topological polar surface area (TPSA) is 30.0 Å². The van der Waals surface area contributed by atoms with Crippen LogP contribution in [0.2, 0.25) is 0 Å². The van der Waals surface area contributed by atoms with Crippen LogP contribution in [0.15, 0.2) is 18.3 Å². The highest BCUT2D eigenvalue weighted by molar-refractivity contribution is 5.88. The molecule has 0 N–H and O–H groups in total. The van der Waals surface area contributed by atoms with Crippen LogP contribution in [-0.4, -0.2) is 10.8 Å². The van der Waals surface area contributed by atoms with Gasteiger partial charge in [-0.05, 0) is 62.0 Å². The number of hydrogen-bond donors (Lipinski definition) is 0. The summed E-state index contributed by atoms with van der Waals surface area (Å²) in [6.45, 7) is 0. The van der Waals surface area contributed by atoms with Crippen LogP contribution in [0.4, 0.5) is 0 Å². The highest BCUT2D eigenvalue weighted by atomic mass is 16.1. The van der Waals surface area contributed by atoms with Crippen molar-refractivity contribution in [1.29, 1.82) is 0 Å². The molecule has 0 aromatic carbocycles. The molecule has 3 unspecified atom stereocenters. The molecule has 2 nitrogen and oxygen atoms in total. The van der Waals surface area contributed by atoms with Gasteiger partial charge in [0.2, 0.25) is 0 Å². The summed E-state index contributed by atoms with van der Waals surface area (Å²) in [6, 6.07) is 4.14. The van der Waals surface area contributed by atoms with Crippen molar-refractivity contribution < 1.29 is 4.79 Å². The molecule has 2 heteroatoms. The number of carbonyl (C=O) groups excluding carboxylic acids is 1. The van der Waals surface area contributed by atoms with Gasteiger partial charge in [0.15, 0.2) is 0 Å². The number of fused-ring (bicyclic) bond motifs is 2. The van der Waals surface area contributed by atoms with Gasteiger partial charge in [0.1, 0.15) is 5.78 Å². The van der Waals surface area contributed by atoms with Crippen molar-refractivity contribution in [2.75, 3.05) is 0 Å². The minimum atomic E-state index is 0.109. The van der Waals surface area contributed by atoms with Crippen molar-refractivity contribution in [2.45, 2.75) is 44.4 Å². The third kappa shape index (κ3) is 1.62. The van der Waals surface area contributed by atoms with Crippen LogP contribution in [0, 0.1) is 17.8 Å². The number of carbonyl (C=O) groups is 1. The van der Waals surface area contributed by atoms with E-state index in [1.165, 1.54) is 24.8 Å². The van der Waals surface area contributed by atoms with Gasteiger partial charge in [-0.15, -0.1) is 0 Å². The molecule has 2 fully saturated rings. The second kappa shape index (κ2) is 3.91. The number of hydrogen-bond acceptors (Lipinski definition) is 2. The molecule has 0 bridgehead atoms. The van der Waals surface area contributed by atoms with Gasteiger partial charge < -0.3 is 0 Å². The minimum absolute atomic E-state index is 0.109. The third-order valence-corrected chi connectivity index (χ3v) is 5.18. The van der Waals surface area contributed by atoms with Crippen molar-refractivity contribution in [3.8, 4) is 0 Å². The molecule has 2 saturated carbocycles. The van der Waals surface area contributed by atoms with Crippen molar-refractivity contribution in [2.24, 2.45) is 17.8 Å². The summed E-state index contributed by atoms with van der Waals surface area (Å²) in [5.41, 5.74) is 2.40. The Hall–Kier alpha value is -1.18. The summed E-state index contributed by atoms with van der Waals surface area (Å²) in [5, 5.41) is 0. The largest absolute Gasteiger partial charge is 0.299 e. The summed E-state index contributed by atoms with van der Waals surface area (Å²) in [6.07, 6.45) is 8.84. The molecule has 3 aliphatic carbocycles. The molecule has 0 amide bonds. The van der Waals surface area contributed by atoms with E-state index in [4.69, 9.17) is 0 Å². The average molecular weight is 241 g/mol. The van der Waals surface area contributed by atoms with Crippen molar-refractivity contribution >= 4 is 5.78 Å². The van der Waals surface area contributed by atoms with Crippen molar-refractivity contribution in [3.05, 3.63) is 29.6 Å². The fourth-order valence-electron chi connectivity index (χ4n) is 4.12. The lowest BCUT2D eigenvalue weighted by molar-refractivity contribution is -0.124. The Morgan fingerprint density at radius 3 is 2.89 bits per heavy atom. The first kappa shape index (κ1) is 10.7. The van der Waals surface area contributed by atoms with Crippen molar-refractivity contribution in [3.63, 3.8) is 0 Å².